The molecule has 2 heteroatoms. The van der Waals surface area contributed by atoms with E-state index in [1.807, 2.05) is 12.1 Å². The average molecular weight is 235 g/mol. The fourth-order valence-electron chi connectivity index (χ4n) is 2.82. The molecule has 2 rings (SSSR count). The molecular formula is C15H22FN. The van der Waals surface area contributed by atoms with Crippen LogP contribution in [0.4, 0.5) is 4.39 Å². The van der Waals surface area contributed by atoms with Crippen LogP contribution in [-0.4, -0.2) is 12.1 Å². The third kappa shape index (κ3) is 2.68. The van der Waals surface area contributed by atoms with E-state index in [0.29, 0.717) is 5.92 Å². The van der Waals surface area contributed by atoms with E-state index in [1.54, 1.807) is 12.1 Å². The first-order valence-electron chi connectivity index (χ1n) is 6.62. The van der Waals surface area contributed by atoms with Crippen molar-refractivity contribution in [3.63, 3.8) is 0 Å². The van der Waals surface area contributed by atoms with E-state index < -0.39 is 0 Å². The topological polar surface area (TPSA) is 12.0 Å². The maximum absolute atomic E-state index is 13.8. The summed E-state index contributed by atoms with van der Waals surface area (Å²) < 4.78 is 13.8. The molecule has 1 nitrogen and oxygen atoms in total. The summed E-state index contributed by atoms with van der Waals surface area (Å²) in [5.41, 5.74) is 0.927. The Bertz CT molecular complexity index is 367. The van der Waals surface area contributed by atoms with Crippen LogP contribution >= 0.6 is 0 Å². The van der Waals surface area contributed by atoms with E-state index in [9.17, 15) is 4.39 Å². The van der Waals surface area contributed by atoms with Gasteiger partial charge in [-0.3, -0.25) is 0 Å². The Labute approximate surface area is 103 Å². The third-order valence-electron chi connectivity index (χ3n) is 4.10. The van der Waals surface area contributed by atoms with E-state index in [1.165, 1.54) is 12.8 Å². The van der Waals surface area contributed by atoms with Crippen molar-refractivity contribution >= 4 is 0 Å². The smallest absolute Gasteiger partial charge is 0.126 e. The lowest BCUT2D eigenvalue weighted by Crippen LogP contribution is -2.54. The number of piperidine rings is 1. The van der Waals surface area contributed by atoms with Crippen LogP contribution in [-0.2, 0) is 6.42 Å². The number of hydrogen-bond donors (Lipinski definition) is 1. The Kier molecular flexibility index (Phi) is 3.82. The molecular weight excluding hydrogens is 213 g/mol. The van der Waals surface area contributed by atoms with Crippen LogP contribution in [0.15, 0.2) is 24.3 Å². The maximum atomic E-state index is 13.8. The van der Waals surface area contributed by atoms with E-state index in [4.69, 9.17) is 0 Å². The summed E-state index contributed by atoms with van der Waals surface area (Å²) >= 11 is 0. The van der Waals surface area contributed by atoms with Crippen LogP contribution in [0.1, 0.15) is 38.7 Å². The lowest BCUT2D eigenvalue weighted by atomic mass is 9.75. The minimum Gasteiger partial charge on any atom is -0.311 e. The van der Waals surface area contributed by atoms with Gasteiger partial charge in [-0.2, -0.15) is 0 Å². The zero-order valence-electron chi connectivity index (χ0n) is 10.8. The molecule has 94 valence electrons. The van der Waals surface area contributed by atoms with Gasteiger partial charge in [-0.1, -0.05) is 38.5 Å². The van der Waals surface area contributed by atoms with Gasteiger partial charge in [0.1, 0.15) is 5.82 Å². The third-order valence-corrected chi connectivity index (χ3v) is 4.10. The predicted octanol–water partition coefficient (Wildman–Crippen LogP) is 3.54. The predicted molar refractivity (Wildman–Crippen MR) is 69.5 cm³/mol. The van der Waals surface area contributed by atoms with Crippen molar-refractivity contribution in [3.05, 3.63) is 35.6 Å². The van der Waals surface area contributed by atoms with Crippen molar-refractivity contribution in [2.24, 2.45) is 5.92 Å². The van der Waals surface area contributed by atoms with E-state index in [0.717, 1.165) is 24.9 Å². The monoisotopic (exact) mass is 235 g/mol. The fraction of sp³-hybridized carbons (Fsp3) is 0.600. The highest BCUT2D eigenvalue weighted by Gasteiger charge is 2.35. The van der Waals surface area contributed by atoms with Gasteiger partial charge in [0.2, 0.25) is 0 Å². The molecule has 0 aliphatic carbocycles. The standard InChI is InChI=1S/C15H22FN/c1-12(2)15(9-5-6-10-17-15)11-13-7-3-4-8-14(13)16/h3-4,7-8,12,17H,5-6,9-11H2,1-2H3. The number of hydrogen-bond acceptors (Lipinski definition) is 1. The zero-order valence-corrected chi connectivity index (χ0v) is 10.8. The molecule has 1 aliphatic rings. The molecule has 0 saturated carbocycles. The second-order valence-corrected chi connectivity index (χ2v) is 5.46. The Morgan fingerprint density at radius 1 is 1.29 bits per heavy atom. The number of halogens is 1. The zero-order chi connectivity index (χ0) is 12.3. The highest BCUT2D eigenvalue weighted by atomic mass is 19.1. The van der Waals surface area contributed by atoms with E-state index in [-0.39, 0.29) is 11.4 Å². The van der Waals surface area contributed by atoms with Crippen LogP contribution in [0.2, 0.25) is 0 Å². The molecule has 1 fully saturated rings. The van der Waals surface area contributed by atoms with Crippen molar-refractivity contribution < 1.29 is 4.39 Å². The molecule has 0 amide bonds. The van der Waals surface area contributed by atoms with Gasteiger partial charge in [-0.15, -0.1) is 0 Å². The Morgan fingerprint density at radius 2 is 2.06 bits per heavy atom. The summed E-state index contributed by atoms with van der Waals surface area (Å²) in [7, 11) is 0. The molecule has 1 aliphatic heterocycles. The quantitative estimate of drug-likeness (QED) is 0.845. The molecule has 1 aromatic carbocycles. The van der Waals surface area contributed by atoms with Gasteiger partial charge < -0.3 is 5.32 Å². The van der Waals surface area contributed by atoms with Gasteiger partial charge in [-0.25, -0.2) is 4.39 Å². The molecule has 17 heavy (non-hydrogen) atoms. The Balaban J connectivity index is 2.21. The summed E-state index contributed by atoms with van der Waals surface area (Å²) in [5, 5.41) is 3.64. The average Bonchev–Trinajstić information content (AvgIpc) is 2.33. The van der Waals surface area contributed by atoms with Gasteiger partial charge in [0, 0.05) is 5.54 Å². The van der Waals surface area contributed by atoms with Crippen LogP contribution < -0.4 is 5.32 Å². The molecule has 1 saturated heterocycles. The van der Waals surface area contributed by atoms with Gasteiger partial charge >= 0.3 is 0 Å². The van der Waals surface area contributed by atoms with Crippen LogP contribution in [0.5, 0.6) is 0 Å². The molecule has 1 unspecified atom stereocenters. The Morgan fingerprint density at radius 3 is 2.65 bits per heavy atom. The van der Waals surface area contributed by atoms with Crippen molar-refractivity contribution in [2.45, 2.75) is 45.1 Å². The maximum Gasteiger partial charge on any atom is 0.126 e. The van der Waals surface area contributed by atoms with Crippen molar-refractivity contribution in [2.75, 3.05) is 6.54 Å². The first-order chi connectivity index (χ1) is 8.14. The van der Waals surface area contributed by atoms with Gasteiger partial charge in [0.15, 0.2) is 0 Å². The minimum atomic E-state index is -0.0695. The lowest BCUT2D eigenvalue weighted by molar-refractivity contribution is 0.181. The second-order valence-electron chi connectivity index (χ2n) is 5.46. The summed E-state index contributed by atoms with van der Waals surface area (Å²) in [5.74, 6) is 0.460. The highest BCUT2D eigenvalue weighted by molar-refractivity contribution is 5.21. The van der Waals surface area contributed by atoms with Crippen molar-refractivity contribution in [1.29, 1.82) is 0 Å². The normalized spacial score (nSPS) is 25.2. The fourth-order valence-corrected chi connectivity index (χ4v) is 2.82. The summed E-state index contributed by atoms with van der Waals surface area (Å²) in [6.07, 6.45) is 4.45. The first kappa shape index (κ1) is 12.6. The molecule has 1 N–H and O–H groups in total. The van der Waals surface area contributed by atoms with Gasteiger partial charge in [-0.05, 0) is 43.4 Å². The van der Waals surface area contributed by atoms with E-state index >= 15 is 0 Å². The second kappa shape index (κ2) is 5.18. The number of rotatable bonds is 3. The molecule has 0 bridgehead atoms. The van der Waals surface area contributed by atoms with Crippen LogP contribution in [0, 0.1) is 11.7 Å². The largest absolute Gasteiger partial charge is 0.311 e. The van der Waals surface area contributed by atoms with E-state index in [2.05, 4.69) is 19.2 Å². The molecule has 1 atom stereocenters. The van der Waals surface area contributed by atoms with Crippen LogP contribution in [0.25, 0.3) is 0 Å². The van der Waals surface area contributed by atoms with Gasteiger partial charge in [0.05, 0.1) is 0 Å². The SMILES string of the molecule is CC(C)C1(Cc2ccccc2F)CCCCN1. The molecule has 1 aromatic rings. The first-order valence-corrected chi connectivity index (χ1v) is 6.62. The lowest BCUT2D eigenvalue weighted by Gasteiger charge is -2.42. The van der Waals surface area contributed by atoms with Crippen molar-refractivity contribution in [1.82, 2.24) is 5.32 Å². The molecule has 0 aromatic heterocycles. The summed E-state index contributed by atoms with van der Waals surface area (Å²) in [6.45, 7) is 5.53. The number of nitrogens with one attached hydrogen (secondary N) is 1. The molecule has 1 heterocycles. The summed E-state index contributed by atoms with van der Waals surface area (Å²) in [4.78, 5) is 0. The Hall–Kier alpha value is -0.890. The number of benzene rings is 1. The van der Waals surface area contributed by atoms with Gasteiger partial charge in [0.25, 0.3) is 0 Å². The molecule has 0 radical (unpaired) electrons. The van der Waals surface area contributed by atoms with Crippen LogP contribution in [0.3, 0.4) is 0 Å². The molecule has 0 spiro atoms. The minimum absolute atomic E-state index is 0.0695. The van der Waals surface area contributed by atoms with Crippen molar-refractivity contribution in [3.8, 4) is 0 Å². The highest BCUT2D eigenvalue weighted by Crippen LogP contribution is 2.31. The summed E-state index contributed by atoms with van der Waals surface area (Å²) in [6, 6.07) is 7.16.